The predicted octanol–water partition coefficient (Wildman–Crippen LogP) is 1.06. The molecule has 0 saturated heterocycles. The molecule has 18 heavy (non-hydrogen) atoms. The molecule has 0 aromatic carbocycles. The van der Waals surface area contributed by atoms with Crippen LogP contribution in [0.5, 0.6) is 0 Å². The summed E-state index contributed by atoms with van der Waals surface area (Å²) in [5.74, 6) is -0.611. The Morgan fingerprint density at radius 2 is 1.67 bits per heavy atom. The van der Waals surface area contributed by atoms with Gasteiger partial charge in [-0.25, -0.2) is 4.79 Å². The van der Waals surface area contributed by atoms with Crippen molar-refractivity contribution in [3.05, 3.63) is 0 Å². The highest BCUT2D eigenvalue weighted by molar-refractivity contribution is 5.87. The second-order valence-electron chi connectivity index (χ2n) is 4.81. The summed E-state index contributed by atoms with van der Waals surface area (Å²) in [6.45, 7) is 7.75. The first-order valence-corrected chi connectivity index (χ1v) is 6.52. The number of esters is 1. The van der Waals surface area contributed by atoms with E-state index in [9.17, 15) is 9.59 Å². The van der Waals surface area contributed by atoms with E-state index in [1.54, 1.807) is 0 Å². The molecule has 0 saturated carbocycles. The molecule has 106 valence electrons. The zero-order valence-corrected chi connectivity index (χ0v) is 12.0. The Balaban J connectivity index is 4.68. The summed E-state index contributed by atoms with van der Waals surface area (Å²) >= 11 is 0. The van der Waals surface area contributed by atoms with Gasteiger partial charge in [0.05, 0.1) is 13.2 Å². The fourth-order valence-electron chi connectivity index (χ4n) is 1.56. The molecular formula is C13H26N2O3. The van der Waals surface area contributed by atoms with Crippen molar-refractivity contribution < 1.29 is 14.3 Å². The van der Waals surface area contributed by atoms with Crippen LogP contribution >= 0.6 is 0 Å². The first-order valence-electron chi connectivity index (χ1n) is 6.52. The van der Waals surface area contributed by atoms with Gasteiger partial charge in [-0.1, -0.05) is 40.5 Å². The molecule has 5 nitrogen and oxygen atoms in total. The highest BCUT2D eigenvalue weighted by atomic mass is 16.5. The lowest BCUT2D eigenvalue weighted by molar-refractivity contribution is -0.146. The third-order valence-electron chi connectivity index (χ3n) is 3.53. The zero-order chi connectivity index (χ0) is 14.3. The summed E-state index contributed by atoms with van der Waals surface area (Å²) in [7, 11) is 1.32. The van der Waals surface area contributed by atoms with Crippen LogP contribution in [-0.4, -0.2) is 31.1 Å². The molecule has 0 fully saturated rings. The lowest BCUT2D eigenvalue weighted by atomic mass is 9.96. The molecule has 0 aliphatic heterocycles. The third kappa shape index (κ3) is 4.64. The van der Waals surface area contributed by atoms with Gasteiger partial charge in [-0.3, -0.25) is 4.79 Å². The molecule has 0 rings (SSSR count). The molecule has 0 spiro atoms. The van der Waals surface area contributed by atoms with E-state index < -0.39 is 18.1 Å². The van der Waals surface area contributed by atoms with Crippen molar-refractivity contribution >= 4 is 11.9 Å². The van der Waals surface area contributed by atoms with Gasteiger partial charge in [0.25, 0.3) is 0 Å². The summed E-state index contributed by atoms with van der Waals surface area (Å²) < 4.78 is 4.71. The fraction of sp³-hybridized carbons (Fsp3) is 0.846. The quantitative estimate of drug-likeness (QED) is 0.669. The molecular weight excluding hydrogens is 232 g/mol. The van der Waals surface area contributed by atoms with Gasteiger partial charge in [0.2, 0.25) is 5.91 Å². The van der Waals surface area contributed by atoms with Gasteiger partial charge in [0, 0.05) is 0 Å². The van der Waals surface area contributed by atoms with Gasteiger partial charge in [0.1, 0.15) is 6.04 Å². The van der Waals surface area contributed by atoms with Gasteiger partial charge in [-0.05, 0) is 11.8 Å². The molecule has 0 bridgehead atoms. The third-order valence-corrected chi connectivity index (χ3v) is 3.53. The Hall–Kier alpha value is -1.10. The molecule has 0 aromatic rings. The van der Waals surface area contributed by atoms with E-state index in [4.69, 9.17) is 10.5 Å². The van der Waals surface area contributed by atoms with E-state index in [2.05, 4.69) is 5.32 Å². The van der Waals surface area contributed by atoms with E-state index in [-0.39, 0.29) is 17.7 Å². The number of carbonyl (C=O) groups excluding carboxylic acids is 2. The minimum atomic E-state index is -0.623. The zero-order valence-electron chi connectivity index (χ0n) is 12.0. The maximum atomic E-state index is 12.0. The summed E-state index contributed by atoms with van der Waals surface area (Å²) in [4.78, 5) is 23.6. The number of ether oxygens (including phenoxy) is 1. The van der Waals surface area contributed by atoms with E-state index in [0.717, 1.165) is 12.8 Å². The summed E-state index contributed by atoms with van der Waals surface area (Å²) in [6, 6.07) is -1.21. The van der Waals surface area contributed by atoms with Crippen LogP contribution in [0.3, 0.4) is 0 Å². The van der Waals surface area contributed by atoms with E-state index in [1.807, 2.05) is 27.7 Å². The molecule has 0 aliphatic rings. The highest BCUT2D eigenvalue weighted by Gasteiger charge is 2.29. The topological polar surface area (TPSA) is 81.4 Å². The fourth-order valence-corrected chi connectivity index (χ4v) is 1.56. The van der Waals surface area contributed by atoms with Crippen LogP contribution in [0.2, 0.25) is 0 Å². The summed E-state index contributed by atoms with van der Waals surface area (Å²) in [5.41, 5.74) is 5.84. The second-order valence-corrected chi connectivity index (χ2v) is 4.81. The summed E-state index contributed by atoms with van der Waals surface area (Å²) in [5, 5.41) is 2.69. The Labute approximate surface area is 109 Å². The molecule has 0 aromatic heterocycles. The smallest absolute Gasteiger partial charge is 0.328 e. The normalized spacial score (nSPS) is 17.4. The number of hydrogen-bond donors (Lipinski definition) is 2. The SMILES string of the molecule is CCC(C)[C@H](N)C(=O)N[C@H](C(=O)OC)C(C)CC. The lowest BCUT2D eigenvalue weighted by Crippen LogP contribution is -2.53. The van der Waals surface area contributed by atoms with Crippen molar-refractivity contribution in [2.45, 2.75) is 52.6 Å². The molecule has 2 unspecified atom stereocenters. The number of amides is 1. The van der Waals surface area contributed by atoms with Gasteiger partial charge < -0.3 is 15.8 Å². The minimum Gasteiger partial charge on any atom is -0.467 e. The van der Waals surface area contributed by atoms with Crippen LogP contribution in [0.4, 0.5) is 0 Å². The van der Waals surface area contributed by atoms with Crippen molar-refractivity contribution in [3.63, 3.8) is 0 Å². The number of methoxy groups -OCH3 is 1. The van der Waals surface area contributed by atoms with Crippen LogP contribution < -0.4 is 11.1 Å². The molecule has 4 atom stereocenters. The number of carbonyl (C=O) groups is 2. The highest BCUT2D eigenvalue weighted by Crippen LogP contribution is 2.11. The molecule has 0 aliphatic carbocycles. The van der Waals surface area contributed by atoms with Crippen LogP contribution in [0.1, 0.15) is 40.5 Å². The summed E-state index contributed by atoms with van der Waals surface area (Å²) in [6.07, 6.45) is 1.60. The maximum absolute atomic E-state index is 12.0. The lowest BCUT2D eigenvalue weighted by Gasteiger charge is -2.25. The Morgan fingerprint density at radius 1 is 1.17 bits per heavy atom. The van der Waals surface area contributed by atoms with Crippen molar-refractivity contribution in [1.29, 1.82) is 0 Å². The molecule has 5 heteroatoms. The van der Waals surface area contributed by atoms with Crippen LogP contribution in [0, 0.1) is 11.8 Å². The van der Waals surface area contributed by atoms with Gasteiger partial charge >= 0.3 is 5.97 Å². The van der Waals surface area contributed by atoms with Crippen LogP contribution in [0.15, 0.2) is 0 Å². The maximum Gasteiger partial charge on any atom is 0.328 e. The van der Waals surface area contributed by atoms with Crippen molar-refractivity contribution in [1.82, 2.24) is 5.32 Å². The minimum absolute atomic E-state index is 0.0190. The van der Waals surface area contributed by atoms with E-state index in [0.29, 0.717) is 0 Å². The van der Waals surface area contributed by atoms with Crippen LogP contribution in [-0.2, 0) is 14.3 Å². The molecule has 1 amide bonds. The number of nitrogens with one attached hydrogen (secondary N) is 1. The van der Waals surface area contributed by atoms with E-state index in [1.165, 1.54) is 7.11 Å². The Bertz CT molecular complexity index is 281. The molecule has 0 radical (unpaired) electrons. The monoisotopic (exact) mass is 258 g/mol. The standard InChI is InChI=1S/C13H26N2O3/c1-6-8(3)10(14)12(16)15-11(9(4)7-2)13(17)18-5/h8-11H,6-7,14H2,1-5H3,(H,15,16)/t8?,9?,10-,11-/m0/s1. The Kier molecular flexibility index (Phi) is 7.59. The number of nitrogens with two attached hydrogens (primary N) is 1. The van der Waals surface area contributed by atoms with Crippen molar-refractivity contribution in [2.24, 2.45) is 17.6 Å². The van der Waals surface area contributed by atoms with Crippen LogP contribution in [0.25, 0.3) is 0 Å². The van der Waals surface area contributed by atoms with Crippen molar-refractivity contribution in [2.75, 3.05) is 7.11 Å². The van der Waals surface area contributed by atoms with Gasteiger partial charge in [-0.2, -0.15) is 0 Å². The predicted molar refractivity (Wildman–Crippen MR) is 70.8 cm³/mol. The average molecular weight is 258 g/mol. The second kappa shape index (κ2) is 8.08. The first kappa shape index (κ1) is 16.9. The molecule has 3 N–H and O–H groups in total. The number of rotatable bonds is 7. The van der Waals surface area contributed by atoms with Gasteiger partial charge in [-0.15, -0.1) is 0 Å². The van der Waals surface area contributed by atoms with Gasteiger partial charge in [0.15, 0.2) is 0 Å². The van der Waals surface area contributed by atoms with Crippen molar-refractivity contribution in [3.8, 4) is 0 Å². The average Bonchev–Trinajstić information content (AvgIpc) is 2.40. The molecule has 0 heterocycles. The largest absolute Gasteiger partial charge is 0.467 e. The number of hydrogen-bond acceptors (Lipinski definition) is 4. The van der Waals surface area contributed by atoms with E-state index >= 15 is 0 Å². The Morgan fingerprint density at radius 3 is 2.06 bits per heavy atom. The first-order chi connectivity index (χ1) is 8.38.